The standard InChI is InChI=1S/C15H22N2O4/c1-9-15(2,5-6-21-9)17-14(18)11-7-10(19-3)8-12(20-4)13(11)16/h7-9H,5-6,16H2,1-4H3,(H,17,18). The Hall–Kier alpha value is -1.95. The minimum atomic E-state index is -0.403. The average Bonchev–Trinajstić information content (AvgIpc) is 2.78. The van der Waals surface area contributed by atoms with E-state index in [4.69, 9.17) is 19.9 Å². The van der Waals surface area contributed by atoms with E-state index >= 15 is 0 Å². The molecule has 1 amide bonds. The van der Waals surface area contributed by atoms with E-state index in [0.717, 1.165) is 6.42 Å². The van der Waals surface area contributed by atoms with Gasteiger partial charge in [-0.2, -0.15) is 0 Å². The number of nitrogens with two attached hydrogens (primary N) is 1. The maximum absolute atomic E-state index is 12.6. The maximum Gasteiger partial charge on any atom is 0.254 e. The van der Waals surface area contributed by atoms with Crippen LogP contribution in [0.2, 0.25) is 0 Å². The van der Waals surface area contributed by atoms with Crippen molar-refractivity contribution in [2.24, 2.45) is 0 Å². The lowest BCUT2D eigenvalue weighted by molar-refractivity contribution is 0.0727. The van der Waals surface area contributed by atoms with Crippen molar-refractivity contribution in [3.8, 4) is 11.5 Å². The number of benzene rings is 1. The van der Waals surface area contributed by atoms with Crippen LogP contribution in [0.3, 0.4) is 0 Å². The van der Waals surface area contributed by atoms with E-state index in [9.17, 15) is 4.79 Å². The highest BCUT2D eigenvalue weighted by molar-refractivity contribution is 6.01. The zero-order valence-electron chi connectivity index (χ0n) is 12.9. The summed E-state index contributed by atoms with van der Waals surface area (Å²) < 4.78 is 15.9. The molecule has 2 atom stereocenters. The molecule has 1 aliphatic rings. The van der Waals surface area contributed by atoms with Crippen LogP contribution in [0.1, 0.15) is 30.6 Å². The monoisotopic (exact) mass is 294 g/mol. The largest absolute Gasteiger partial charge is 0.497 e. The van der Waals surface area contributed by atoms with Crippen molar-refractivity contribution in [3.05, 3.63) is 17.7 Å². The summed E-state index contributed by atoms with van der Waals surface area (Å²) in [5, 5.41) is 3.01. The molecule has 1 saturated heterocycles. The fourth-order valence-electron chi connectivity index (χ4n) is 2.40. The number of rotatable bonds is 4. The lowest BCUT2D eigenvalue weighted by Gasteiger charge is -2.29. The first-order valence-corrected chi connectivity index (χ1v) is 6.87. The van der Waals surface area contributed by atoms with Gasteiger partial charge in [0.15, 0.2) is 0 Å². The lowest BCUT2D eigenvalue weighted by Crippen LogP contribution is -2.50. The molecular weight excluding hydrogens is 272 g/mol. The van der Waals surface area contributed by atoms with Crippen molar-refractivity contribution in [1.29, 1.82) is 0 Å². The van der Waals surface area contributed by atoms with Gasteiger partial charge in [0.2, 0.25) is 0 Å². The Bertz CT molecular complexity index is 547. The Balaban J connectivity index is 2.30. The summed E-state index contributed by atoms with van der Waals surface area (Å²) in [6.45, 7) is 4.55. The van der Waals surface area contributed by atoms with Crippen molar-refractivity contribution in [3.63, 3.8) is 0 Å². The number of hydrogen-bond donors (Lipinski definition) is 2. The predicted molar refractivity (Wildman–Crippen MR) is 79.9 cm³/mol. The number of carbonyl (C=O) groups excluding carboxylic acids is 1. The number of amides is 1. The Morgan fingerprint density at radius 1 is 1.43 bits per heavy atom. The third-order valence-electron chi connectivity index (χ3n) is 4.10. The number of nitrogens with one attached hydrogen (secondary N) is 1. The van der Waals surface area contributed by atoms with Crippen LogP contribution in [0.5, 0.6) is 11.5 Å². The molecular formula is C15H22N2O4. The molecule has 0 aliphatic carbocycles. The van der Waals surface area contributed by atoms with Gasteiger partial charge < -0.3 is 25.3 Å². The van der Waals surface area contributed by atoms with Crippen LogP contribution in [0, 0.1) is 0 Å². The molecule has 0 spiro atoms. The van der Waals surface area contributed by atoms with Crippen LogP contribution in [0.15, 0.2) is 12.1 Å². The van der Waals surface area contributed by atoms with Gasteiger partial charge >= 0.3 is 0 Å². The highest BCUT2D eigenvalue weighted by atomic mass is 16.5. The predicted octanol–water partition coefficient (Wildman–Crippen LogP) is 1.58. The fraction of sp³-hybridized carbons (Fsp3) is 0.533. The molecule has 116 valence electrons. The summed E-state index contributed by atoms with van der Waals surface area (Å²) >= 11 is 0. The summed E-state index contributed by atoms with van der Waals surface area (Å²) in [5.74, 6) is 0.678. The second-order valence-corrected chi connectivity index (χ2v) is 5.43. The third kappa shape index (κ3) is 2.90. The number of carbonyl (C=O) groups is 1. The molecule has 6 heteroatoms. The molecule has 21 heavy (non-hydrogen) atoms. The summed E-state index contributed by atoms with van der Waals surface area (Å²) in [6.07, 6.45) is 0.719. The van der Waals surface area contributed by atoms with E-state index in [-0.39, 0.29) is 12.0 Å². The number of ether oxygens (including phenoxy) is 3. The van der Waals surface area contributed by atoms with Gasteiger partial charge in [0.25, 0.3) is 5.91 Å². The molecule has 1 heterocycles. The zero-order valence-corrected chi connectivity index (χ0v) is 12.9. The molecule has 2 unspecified atom stereocenters. The first kappa shape index (κ1) is 15.4. The van der Waals surface area contributed by atoms with Crippen LogP contribution in [-0.4, -0.2) is 38.4 Å². The van der Waals surface area contributed by atoms with Gasteiger partial charge in [0.1, 0.15) is 11.5 Å². The number of nitrogen functional groups attached to an aromatic ring is 1. The first-order chi connectivity index (χ1) is 9.91. The summed E-state index contributed by atoms with van der Waals surface area (Å²) in [6, 6.07) is 3.26. The first-order valence-electron chi connectivity index (χ1n) is 6.87. The van der Waals surface area contributed by atoms with Crippen LogP contribution < -0.4 is 20.5 Å². The highest BCUT2D eigenvalue weighted by Crippen LogP contribution is 2.32. The van der Waals surface area contributed by atoms with Gasteiger partial charge in [0.05, 0.1) is 37.1 Å². The fourth-order valence-corrected chi connectivity index (χ4v) is 2.40. The quantitative estimate of drug-likeness (QED) is 0.824. The van der Waals surface area contributed by atoms with E-state index in [1.807, 2.05) is 13.8 Å². The van der Waals surface area contributed by atoms with Crippen LogP contribution in [0.25, 0.3) is 0 Å². The highest BCUT2D eigenvalue weighted by Gasteiger charge is 2.38. The Morgan fingerprint density at radius 2 is 2.14 bits per heavy atom. The zero-order chi connectivity index (χ0) is 15.6. The van der Waals surface area contributed by atoms with Gasteiger partial charge in [-0.05, 0) is 26.3 Å². The molecule has 1 aromatic rings. The molecule has 1 fully saturated rings. The molecule has 1 aromatic carbocycles. The van der Waals surface area contributed by atoms with Gasteiger partial charge in [-0.25, -0.2) is 0 Å². The minimum absolute atomic E-state index is 0.0461. The lowest BCUT2D eigenvalue weighted by atomic mass is 9.94. The number of anilines is 1. The molecule has 2 rings (SSSR count). The van der Waals surface area contributed by atoms with E-state index in [2.05, 4.69) is 5.32 Å². The second-order valence-electron chi connectivity index (χ2n) is 5.43. The van der Waals surface area contributed by atoms with Crippen molar-refractivity contribution >= 4 is 11.6 Å². The average molecular weight is 294 g/mol. The molecule has 0 bridgehead atoms. The topological polar surface area (TPSA) is 82.8 Å². The molecule has 6 nitrogen and oxygen atoms in total. The van der Waals surface area contributed by atoms with E-state index in [1.54, 1.807) is 12.1 Å². The number of methoxy groups -OCH3 is 2. The Morgan fingerprint density at radius 3 is 2.67 bits per heavy atom. The van der Waals surface area contributed by atoms with Crippen LogP contribution in [-0.2, 0) is 4.74 Å². The maximum atomic E-state index is 12.6. The summed E-state index contributed by atoms with van der Waals surface area (Å²) in [7, 11) is 3.03. The molecule has 0 radical (unpaired) electrons. The van der Waals surface area contributed by atoms with Crippen LogP contribution in [0.4, 0.5) is 5.69 Å². The van der Waals surface area contributed by atoms with Gasteiger partial charge in [0, 0.05) is 12.7 Å². The second kappa shape index (κ2) is 5.81. The number of hydrogen-bond acceptors (Lipinski definition) is 5. The van der Waals surface area contributed by atoms with Gasteiger partial charge in [-0.15, -0.1) is 0 Å². The summed E-state index contributed by atoms with van der Waals surface area (Å²) in [4.78, 5) is 12.6. The van der Waals surface area contributed by atoms with Crippen molar-refractivity contribution in [2.75, 3.05) is 26.6 Å². The molecule has 1 aliphatic heterocycles. The third-order valence-corrected chi connectivity index (χ3v) is 4.10. The summed E-state index contributed by atoms with van der Waals surface area (Å²) in [5.41, 5.74) is 6.23. The van der Waals surface area contributed by atoms with Crippen molar-refractivity contribution in [1.82, 2.24) is 5.32 Å². The van der Waals surface area contributed by atoms with Gasteiger partial charge in [-0.1, -0.05) is 0 Å². The molecule has 0 aromatic heterocycles. The van der Waals surface area contributed by atoms with Crippen molar-refractivity contribution in [2.45, 2.75) is 31.9 Å². The molecule has 0 saturated carbocycles. The van der Waals surface area contributed by atoms with Crippen molar-refractivity contribution < 1.29 is 19.0 Å². The normalized spacial score (nSPS) is 24.7. The van der Waals surface area contributed by atoms with E-state index < -0.39 is 5.54 Å². The van der Waals surface area contributed by atoms with E-state index in [0.29, 0.717) is 29.4 Å². The smallest absolute Gasteiger partial charge is 0.254 e. The Kier molecular flexibility index (Phi) is 4.27. The SMILES string of the molecule is COc1cc(OC)c(N)c(C(=O)NC2(C)CCOC2C)c1. The van der Waals surface area contributed by atoms with Crippen LogP contribution >= 0.6 is 0 Å². The van der Waals surface area contributed by atoms with Gasteiger partial charge in [-0.3, -0.25) is 4.79 Å². The molecule has 3 N–H and O–H groups in total. The Labute approximate surface area is 124 Å². The minimum Gasteiger partial charge on any atom is -0.497 e. The van der Waals surface area contributed by atoms with E-state index in [1.165, 1.54) is 14.2 Å².